The van der Waals surface area contributed by atoms with Gasteiger partial charge >= 0.3 is 0 Å². The third-order valence-corrected chi connectivity index (χ3v) is 3.33. The molecule has 1 saturated heterocycles. The van der Waals surface area contributed by atoms with Crippen molar-refractivity contribution in [3.05, 3.63) is 24.0 Å². The molecule has 2 rings (SSSR count). The summed E-state index contributed by atoms with van der Waals surface area (Å²) in [7, 11) is 0. The highest BCUT2D eigenvalue weighted by atomic mass is 16.5. The summed E-state index contributed by atoms with van der Waals surface area (Å²) in [6.45, 7) is 11.1. The molecular formula is C16H26N4O2. The molecule has 0 unspecified atom stereocenters. The minimum atomic E-state index is -0.134. The van der Waals surface area contributed by atoms with Crippen molar-refractivity contribution >= 4 is 11.6 Å². The predicted octanol–water partition coefficient (Wildman–Crippen LogP) is 1.35. The number of rotatable bonds is 5. The van der Waals surface area contributed by atoms with Gasteiger partial charge in [0.25, 0.3) is 5.91 Å². The van der Waals surface area contributed by atoms with E-state index in [0.29, 0.717) is 12.2 Å². The molecule has 1 amide bonds. The highest BCUT2D eigenvalue weighted by Gasteiger charge is 2.13. The molecule has 1 aliphatic heterocycles. The number of amides is 1. The van der Waals surface area contributed by atoms with Crippen molar-refractivity contribution in [1.29, 1.82) is 0 Å². The minimum absolute atomic E-state index is 0.0502. The number of ether oxygens (including phenoxy) is 1. The fourth-order valence-corrected chi connectivity index (χ4v) is 2.31. The number of nitrogens with zero attached hydrogens (tertiary/aromatic N) is 2. The molecule has 22 heavy (non-hydrogen) atoms. The maximum Gasteiger partial charge on any atom is 0.269 e. The van der Waals surface area contributed by atoms with E-state index in [9.17, 15) is 4.79 Å². The van der Waals surface area contributed by atoms with Crippen LogP contribution in [-0.2, 0) is 4.74 Å². The summed E-state index contributed by atoms with van der Waals surface area (Å²) in [5.74, 6) is -0.134. The lowest BCUT2D eigenvalue weighted by atomic mass is 10.1. The predicted molar refractivity (Wildman–Crippen MR) is 87.2 cm³/mol. The molecule has 1 aromatic heterocycles. The van der Waals surface area contributed by atoms with Crippen LogP contribution in [0.1, 0.15) is 31.3 Å². The Kier molecular flexibility index (Phi) is 5.74. The van der Waals surface area contributed by atoms with Gasteiger partial charge < -0.3 is 15.4 Å². The van der Waals surface area contributed by atoms with Crippen molar-refractivity contribution in [2.45, 2.75) is 26.3 Å². The Labute approximate surface area is 132 Å². The summed E-state index contributed by atoms with van der Waals surface area (Å²) in [4.78, 5) is 18.6. The van der Waals surface area contributed by atoms with Crippen LogP contribution in [0.2, 0.25) is 0 Å². The molecule has 6 heteroatoms. The van der Waals surface area contributed by atoms with Gasteiger partial charge in [-0.05, 0) is 32.9 Å². The van der Waals surface area contributed by atoms with Gasteiger partial charge in [-0.1, -0.05) is 0 Å². The summed E-state index contributed by atoms with van der Waals surface area (Å²) in [5.41, 5.74) is 1.29. The summed E-state index contributed by atoms with van der Waals surface area (Å²) in [6.07, 6.45) is 1.66. The van der Waals surface area contributed by atoms with Gasteiger partial charge in [0.1, 0.15) is 5.69 Å². The fourth-order valence-electron chi connectivity index (χ4n) is 2.31. The summed E-state index contributed by atoms with van der Waals surface area (Å²) in [5, 5.41) is 6.27. The molecule has 6 nitrogen and oxygen atoms in total. The van der Waals surface area contributed by atoms with Gasteiger partial charge in [0, 0.05) is 43.6 Å². The van der Waals surface area contributed by atoms with Gasteiger partial charge in [-0.15, -0.1) is 0 Å². The number of carbonyl (C=O) groups is 1. The van der Waals surface area contributed by atoms with Gasteiger partial charge in [-0.3, -0.25) is 14.7 Å². The fraction of sp³-hybridized carbons (Fsp3) is 0.625. The molecule has 2 N–H and O–H groups in total. The molecule has 122 valence electrons. The van der Waals surface area contributed by atoms with Crippen LogP contribution >= 0.6 is 0 Å². The van der Waals surface area contributed by atoms with Crippen molar-refractivity contribution in [2.75, 3.05) is 44.7 Å². The first kappa shape index (κ1) is 16.7. The lowest BCUT2D eigenvalue weighted by Crippen LogP contribution is -2.41. The number of hydrogen-bond donors (Lipinski definition) is 2. The summed E-state index contributed by atoms with van der Waals surface area (Å²) >= 11 is 0. The average molecular weight is 306 g/mol. The molecule has 0 spiro atoms. The van der Waals surface area contributed by atoms with E-state index < -0.39 is 0 Å². The number of nitrogens with one attached hydrogen (secondary N) is 2. The van der Waals surface area contributed by atoms with Crippen LogP contribution < -0.4 is 10.6 Å². The van der Waals surface area contributed by atoms with Gasteiger partial charge in [0.05, 0.1) is 13.2 Å². The van der Waals surface area contributed by atoms with E-state index in [1.807, 2.05) is 6.07 Å². The van der Waals surface area contributed by atoms with Crippen LogP contribution in [0.3, 0.4) is 0 Å². The first-order chi connectivity index (χ1) is 10.4. The number of carbonyl (C=O) groups excluding carboxylic acids is 1. The van der Waals surface area contributed by atoms with Crippen LogP contribution in [0, 0.1) is 0 Å². The molecule has 2 heterocycles. The molecule has 0 atom stereocenters. The Bertz CT molecular complexity index is 493. The Hall–Kier alpha value is -1.66. The van der Waals surface area contributed by atoms with Crippen molar-refractivity contribution in [1.82, 2.24) is 15.2 Å². The standard InChI is InChI=1S/C16H26N4O2/c1-16(2,3)19-13-4-5-17-14(12-13)15(21)18-6-7-20-8-10-22-11-9-20/h4-5,12H,6-11H2,1-3H3,(H,17,19)(H,18,21). The van der Waals surface area contributed by atoms with Crippen LogP contribution in [-0.4, -0.2) is 60.7 Å². The number of anilines is 1. The largest absolute Gasteiger partial charge is 0.380 e. The second kappa shape index (κ2) is 7.56. The quantitative estimate of drug-likeness (QED) is 0.860. The molecule has 0 aliphatic carbocycles. The van der Waals surface area contributed by atoms with Crippen molar-refractivity contribution in [2.24, 2.45) is 0 Å². The first-order valence-corrected chi connectivity index (χ1v) is 7.76. The SMILES string of the molecule is CC(C)(C)Nc1ccnc(C(=O)NCCN2CCOCC2)c1. The monoisotopic (exact) mass is 306 g/mol. The van der Waals surface area contributed by atoms with Crippen LogP contribution in [0.25, 0.3) is 0 Å². The zero-order valence-electron chi connectivity index (χ0n) is 13.7. The van der Waals surface area contributed by atoms with Crippen LogP contribution in [0.4, 0.5) is 5.69 Å². The topological polar surface area (TPSA) is 66.5 Å². The smallest absolute Gasteiger partial charge is 0.269 e. The molecular weight excluding hydrogens is 280 g/mol. The molecule has 0 saturated carbocycles. The van der Waals surface area contributed by atoms with Crippen LogP contribution in [0.5, 0.6) is 0 Å². The van der Waals surface area contributed by atoms with E-state index in [4.69, 9.17) is 4.74 Å². The van der Waals surface area contributed by atoms with E-state index in [1.165, 1.54) is 0 Å². The number of morpholine rings is 1. The van der Waals surface area contributed by atoms with Gasteiger partial charge in [-0.2, -0.15) is 0 Å². The van der Waals surface area contributed by atoms with E-state index in [2.05, 4.69) is 41.3 Å². The Balaban J connectivity index is 1.82. The normalized spacial score (nSPS) is 16.3. The highest BCUT2D eigenvalue weighted by molar-refractivity contribution is 5.93. The van der Waals surface area contributed by atoms with Gasteiger partial charge in [0.2, 0.25) is 0 Å². The Morgan fingerprint density at radius 3 is 2.77 bits per heavy atom. The number of hydrogen-bond acceptors (Lipinski definition) is 5. The lowest BCUT2D eigenvalue weighted by Gasteiger charge is -2.26. The third kappa shape index (κ3) is 5.61. The zero-order valence-corrected chi connectivity index (χ0v) is 13.7. The molecule has 1 fully saturated rings. The minimum Gasteiger partial charge on any atom is -0.380 e. The second-order valence-electron chi connectivity index (χ2n) is 6.51. The lowest BCUT2D eigenvalue weighted by molar-refractivity contribution is 0.0383. The molecule has 0 bridgehead atoms. The van der Waals surface area contributed by atoms with E-state index in [0.717, 1.165) is 38.5 Å². The maximum atomic E-state index is 12.2. The van der Waals surface area contributed by atoms with Crippen molar-refractivity contribution < 1.29 is 9.53 Å². The third-order valence-electron chi connectivity index (χ3n) is 3.33. The van der Waals surface area contributed by atoms with Crippen molar-refractivity contribution in [3.63, 3.8) is 0 Å². The molecule has 0 radical (unpaired) electrons. The van der Waals surface area contributed by atoms with E-state index >= 15 is 0 Å². The average Bonchev–Trinajstić information content (AvgIpc) is 2.47. The van der Waals surface area contributed by atoms with E-state index in [1.54, 1.807) is 12.3 Å². The number of aromatic nitrogens is 1. The molecule has 1 aliphatic rings. The Morgan fingerprint density at radius 2 is 2.09 bits per heavy atom. The second-order valence-corrected chi connectivity index (χ2v) is 6.51. The Morgan fingerprint density at radius 1 is 1.36 bits per heavy atom. The van der Waals surface area contributed by atoms with E-state index in [-0.39, 0.29) is 11.4 Å². The highest BCUT2D eigenvalue weighted by Crippen LogP contribution is 2.14. The summed E-state index contributed by atoms with van der Waals surface area (Å²) in [6, 6.07) is 3.66. The zero-order chi connectivity index (χ0) is 16.0. The number of pyridine rings is 1. The van der Waals surface area contributed by atoms with Gasteiger partial charge in [-0.25, -0.2) is 0 Å². The van der Waals surface area contributed by atoms with Crippen molar-refractivity contribution in [3.8, 4) is 0 Å². The molecule has 1 aromatic rings. The maximum absolute atomic E-state index is 12.2. The molecule has 0 aromatic carbocycles. The van der Waals surface area contributed by atoms with Gasteiger partial charge in [0.15, 0.2) is 0 Å². The summed E-state index contributed by atoms with van der Waals surface area (Å²) < 4.78 is 5.30. The van der Waals surface area contributed by atoms with Crippen LogP contribution in [0.15, 0.2) is 18.3 Å². The first-order valence-electron chi connectivity index (χ1n) is 7.76.